The highest BCUT2D eigenvalue weighted by atomic mass is 32.2. The second kappa shape index (κ2) is 8.49. The maximum atomic E-state index is 13.1. The molecule has 0 aromatic heterocycles. The number of rotatable bonds is 5. The van der Waals surface area contributed by atoms with E-state index in [0.717, 1.165) is 23.4 Å². The van der Waals surface area contributed by atoms with Gasteiger partial charge in [-0.3, -0.25) is 4.79 Å². The predicted molar refractivity (Wildman–Crippen MR) is 133 cm³/mol. The molecule has 4 bridgehead atoms. The number of carbonyl (C=O) groups is 1. The van der Waals surface area contributed by atoms with E-state index in [1.54, 1.807) is 30.3 Å². The molecule has 1 atom stereocenters. The van der Waals surface area contributed by atoms with Gasteiger partial charge < -0.3 is 5.32 Å². The van der Waals surface area contributed by atoms with Crippen molar-refractivity contribution in [2.75, 3.05) is 18.4 Å². The van der Waals surface area contributed by atoms with Gasteiger partial charge in [-0.1, -0.05) is 30.3 Å². The van der Waals surface area contributed by atoms with Crippen LogP contribution in [0.4, 0.5) is 5.69 Å². The van der Waals surface area contributed by atoms with E-state index in [-0.39, 0.29) is 23.3 Å². The quantitative estimate of drug-likeness (QED) is 0.643. The van der Waals surface area contributed by atoms with E-state index in [0.29, 0.717) is 24.8 Å². The monoisotopic (exact) mass is 478 g/mol. The van der Waals surface area contributed by atoms with Crippen LogP contribution in [-0.2, 0) is 20.2 Å². The molecule has 7 rings (SSSR count). The van der Waals surface area contributed by atoms with Crippen molar-refractivity contribution in [2.45, 2.75) is 61.7 Å². The molecule has 5 aliphatic rings. The van der Waals surface area contributed by atoms with Gasteiger partial charge in [0.25, 0.3) is 0 Å². The normalized spacial score (nSPS) is 33.1. The topological polar surface area (TPSA) is 66.5 Å². The highest BCUT2D eigenvalue weighted by molar-refractivity contribution is 7.89. The number of nitrogens with zero attached hydrogens (tertiary/aromatic N) is 1. The first-order valence-electron chi connectivity index (χ1n) is 12.9. The molecule has 180 valence electrons. The van der Waals surface area contributed by atoms with Crippen molar-refractivity contribution in [2.24, 2.45) is 23.7 Å². The van der Waals surface area contributed by atoms with Crippen LogP contribution in [0.25, 0.3) is 0 Å². The summed E-state index contributed by atoms with van der Waals surface area (Å²) in [6, 6.07) is 17.1. The molecule has 4 aliphatic carbocycles. The Hall–Kier alpha value is -2.18. The average molecular weight is 479 g/mol. The summed E-state index contributed by atoms with van der Waals surface area (Å²) >= 11 is 0. The van der Waals surface area contributed by atoms with Crippen molar-refractivity contribution >= 4 is 21.6 Å². The molecule has 2 aromatic rings. The lowest BCUT2D eigenvalue weighted by Gasteiger charge is -2.57. The van der Waals surface area contributed by atoms with Crippen LogP contribution in [0.2, 0.25) is 0 Å². The van der Waals surface area contributed by atoms with Gasteiger partial charge in [-0.05, 0) is 104 Å². The summed E-state index contributed by atoms with van der Waals surface area (Å²) in [5, 5.41) is 3.06. The molecule has 5 nitrogen and oxygen atoms in total. The predicted octanol–water partition coefficient (Wildman–Crippen LogP) is 5.19. The number of hydrogen-bond acceptors (Lipinski definition) is 3. The molecule has 1 aliphatic heterocycles. The second-order valence-corrected chi connectivity index (χ2v) is 13.2. The standard InChI is InChI=1S/C28H34N2O3S/c31-27(23-5-4-12-30(19-23)34(32,33)26-6-2-1-3-7-26)29-25-10-8-24(9-11-25)28-16-20-13-21(17-28)15-22(14-20)18-28/h1-3,6-11,20-23H,4-5,12-19H2,(H,29,31)/t20?,21?,22?,23-,28?/m1/s1. The largest absolute Gasteiger partial charge is 0.326 e. The summed E-state index contributed by atoms with van der Waals surface area (Å²) in [4.78, 5) is 13.3. The Labute approximate surface area is 203 Å². The number of nitrogens with one attached hydrogen (secondary N) is 1. The lowest BCUT2D eigenvalue weighted by molar-refractivity contribution is -0.120. The van der Waals surface area contributed by atoms with Crippen molar-refractivity contribution < 1.29 is 13.2 Å². The van der Waals surface area contributed by atoms with Gasteiger partial charge in [-0.15, -0.1) is 0 Å². The molecule has 6 heteroatoms. The van der Waals surface area contributed by atoms with E-state index in [9.17, 15) is 13.2 Å². The van der Waals surface area contributed by atoms with E-state index in [1.807, 2.05) is 12.1 Å². The lowest BCUT2D eigenvalue weighted by Crippen LogP contribution is -2.48. The van der Waals surface area contributed by atoms with Gasteiger partial charge in [0.15, 0.2) is 0 Å². The molecule has 1 amide bonds. The molecule has 1 heterocycles. The van der Waals surface area contributed by atoms with E-state index in [2.05, 4.69) is 17.4 Å². The minimum absolute atomic E-state index is 0.0875. The maximum Gasteiger partial charge on any atom is 0.243 e. The highest BCUT2D eigenvalue weighted by Gasteiger charge is 2.51. The Kier molecular flexibility index (Phi) is 5.57. The SMILES string of the molecule is O=C(Nc1ccc(C23CC4CC(CC(C4)C2)C3)cc1)[C@@H]1CCCN(S(=O)(=O)c2ccccc2)C1. The summed E-state index contributed by atoms with van der Waals surface area (Å²) in [7, 11) is -3.58. The number of benzene rings is 2. The summed E-state index contributed by atoms with van der Waals surface area (Å²) < 4.78 is 27.5. The van der Waals surface area contributed by atoms with E-state index in [1.165, 1.54) is 48.4 Å². The van der Waals surface area contributed by atoms with Gasteiger partial charge in [0, 0.05) is 18.8 Å². The van der Waals surface area contributed by atoms with E-state index < -0.39 is 10.0 Å². The number of hydrogen-bond donors (Lipinski definition) is 1. The van der Waals surface area contributed by atoms with Gasteiger partial charge in [0.2, 0.25) is 15.9 Å². The zero-order valence-electron chi connectivity index (χ0n) is 19.7. The molecule has 34 heavy (non-hydrogen) atoms. The molecule has 0 radical (unpaired) electrons. The number of piperidine rings is 1. The third-order valence-corrected chi connectivity index (χ3v) is 10.8. The third-order valence-electron chi connectivity index (χ3n) is 8.94. The van der Waals surface area contributed by atoms with Crippen molar-refractivity contribution in [3.05, 3.63) is 60.2 Å². The molecule has 0 spiro atoms. The summed E-state index contributed by atoms with van der Waals surface area (Å²) in [6.07, 6.45) is 9.70. The van der Waals surface area contributed by atoms with Crippen molar-refractivity contribution in [1.29, 1.82) is 0 Å². The number of carbonyl (C=O) groups excluding carboxylic acids is 1. The van der Waals surface area contributed by atoms with E-state index in [4.69, 9.17) is 0 Å². The first-order chi connectivity index (χ1) is 16.4. The smallest absolute Gasteiger partial charge is 0.243 e. The second-order valence-electron chi connectivity index (χ2n) is 11.3. The number of amides is 1. The zero-order chi connectivity index (χ0) is 23.3. The van der Waals surface area contributed by atoms with Gasteiger partial charge in [-0.25, -0.2) is 8.42 Å². The minimum atomic E-state index is -3.58. The van der Waals surface area contributed by atoms with Crippen LogP contribution in [0, 0.1) is 23.7 Å². The number of anilines is 1. The maximum absolute atomic E-state index is 13.1. The molecule has 1 N–H and O–H groups in total. The molecule has 2 aromatic carbocycles. The highest BCUT2D eigenvalue weighted by Crippen LogP contribution is 2.60. The summed E-state index contributed by atoms with van der Waals surface area (Å²) in [6.45, 7) is 0.690. The molecule has 0 unspecified atom stereocenters. The van der Waals surface area contributed by atoms with Gasteiger partial charge in [0.1, 0.15) is 0 Å². The Morgan fingerprint density at radius 2 is 1.50 bits per heavy atom. The van der Waals surface area contributed by atoms with Crippen molar-refractivity contribution in [3.63, 3.8) is 0 Å². The summed E-state index contributed by atoms with van der Waals surface area (Å²) in [5.74, 6) is 2.30. The zero-order valence-corrected chi connectivity index (χ0v) is 20.5. The first-order valence-corrected chi connectivity index (χ1v) is 14.3. The van der Waals surface area contributed by atoms with Crippen LogP contribution in [0.5, 0.6) is 0 Å². The molecular weight excluding hydrogens is 444 g/mol. The fraction of sp³-hybridized carbons (Fsp3) is 0.536. The van der Waals surface area contributed by atoms with Crippen LogP contribution < -0.4 is 5.32 Å². The van der Waals surface area contributed by atoms with Gasteiger partial charge >= 0.3 is 0 Å². The van der Waals surface area contributed by atoms with Gasteiger partial charge in [-0.2, -0.15) is 4.31 Å². The van der Waals surface area contributed by atoms with Gasteiger partial charge in [0.05, 0.1) is 10.8 Å². The average Bonchev–Trinajstić information content (AvgIpc) is 2.84. The molecule has 1 saturated heterocycles. The van der Waals surface area contributed by atoms with Crippen LogP contribution in [0.1, 0.15) is 56.9 Å². The Balaban J connectivity index is 1.12. The van der Waals surface area contributed by atoms with Crippen LogP contribution >= 0.6 is 0 Å². The summed E-state index contributed by atoms with van der Waals surface area (Å²) in [5.41, 5.74) is 2.61. The fourth-order valence-electron chi connectivity index (χ4n) is 7.73. The first kappa shape index (κ1) is 22.3. The third kappa shape index (κ3) is 3.99. The molecule has 5 fully saturated rings. The lowest BCUT2D eigenvalue weighted by atomic mass is 9.48. The van der Waals surface area contributed by atoms with Crippen molar-refractivity contribution in [3.8, 4) is 0 Å². The van der Waals surface area contributed by atoms with E-state index >= 15 is 0 Å². The van der Waals surface area contributed by atoms with Crippen LogP contribution in [0.3, 0.4) is 0 Å². The number of sulfonamides is 1. The Morgan fingerprint density at radius 3 is 2.12 bits per heavy atom. The Morgan fingerprint density at radius 1 is 0.882 bits per heavy atom. The van der Waals surface area contributed by atoms with Crippen LogP contribution in [0.15, 0.2) is 59.5 Å². The van der Waals surface area contributed by atoms with Crippen molar-refractivity contribution in [1.82, 2.24) is 4.31 Å². The minimum Gasteiger partial charge on any atom is -0.326 e. The fourth-order valence-corrected chi connectivity index (χ4v) is 9.28. The Bertz CT molecular complexity index is 1120. The molecule has 4 saturated carbocycles. The molecular formula is C28H34N2O3S. The van der Waals surface area contributed by atoms with Crippen LogP contribution in [-0.4, -0.2) is 31.7 Å².